The Morgan fingerprint density at radius 2 is 1.95 bits per heavy atom. The van der Waals surface area contributed by atoms with Crippen LogP contribution in [0.3, 0.4) is 0 Å². The van der Waals surface area contributed by atoms with E-state index in [9.17, 15) is 8.42 Å². The number of sulfonamides is 1. The largest absolute Gasteiger partial charge is 0.495 e. The Hall–Kier alpha value is -1.11. The lowest BCUT2D eigenvalue weighted by atomic mass is 10.0. The predicted molar refractivity (Wildman–Crippen MR) is 80.8 cm³/mol. The van der Waals surface area contributed by atoms with Crippen molar-refractivity contribution in [1.29, 1.82) is 0 Å². The SMILES string of the molecule is COc1ccc(C(C)C)cc1S(=O)(=O)NCCN(C)C. The number of ether oxygens (including phenoxy) is 1. The summed E-state index contributed by atoms with van der Waals surface area (Å²) < 4.78 is 32.5. The van der Waals surface area contributed by atoms with E-state index >= 15 is 0 Å². The third kappa shape index (κ3) is 4.47. The van der Waals surface area contributed by atoms with Gasteiger partial charge in [0.15, 0.2) is 0 Å². The number of likely N-dealkylation sites (N-methyl/N-ethyl adjacent to an activating group) is 1. The minimum Gasteiger partial charge on any atom is -0.495 e. The lowest BCUT2D eigenvalue weighted by Gasteiger charge is -2.15. The normalized spacial score (nSPS) is 12.2. The standard InChI is InChI=1S/C14H24N2O3S/c1-11(2)12-6-7-13(19-5)14(10-12)20(17,18)15-8-9-16(3)4/h6-7,10-11,15H,8-9H2,1-5H3. The Kier molecular flexibility index (Phi) is 5.98. The average Bonchev–Trinajstić information content (AvgIpc) is 2.37. The van der Waals surface area contributed by atoms with Crippen molar-refractivity contribution < 1.29 is 13.2 Å². The number of nitrogens with one attached hydrogen (secondary N) is 1. The topological polar surface area (TPSA) is 58.6 Å². The number of benzene rings is 1. The lowest BCUT2D eigenvalue weighted by molar-refractivity contribution is 0.400. The summed E-state index contributed by atoms with van der Waals surface area (Å²) in [7, 11) is 1.71. The molecule has 1 aromatic carbocycles. The third-order valence-corrected chi connectivity index (χ3v) is 4.48. The van der Waals surface area contributed by atoms with E-state index in [-0.39, 0.29) is 10.8 Å². The molecule has 0 aliphatic rings. The highest BCUT2D eigenvalue weighted by Crippen LogP contribution is 2.27. The van der Waals surface area contributed by atoms with Gasteiger partial charge in [-0.25, -0.2) is 13.1 Å². The maximum absolute atomic E-state index is 12.4. The van der Waals surface area contributed by atoms with Gasteiger partial charge in [-0.15, -0.1) is 0 Å². The van der Waals surface area contributed by atoms with Crippen LogP contribution in [0.2, 0.25) is 0 Å². The monoisotopic (exact) mass is 300 g/mol. The zero-order chi connectivity index (χ0) is 15.3. The van der Waals surface area contributed by atoms with E-state index in [2.05, 4.69) is 4.72 Å². The van der Waals surface area contributed by atoms with Gasteiger partial charge in [0, 0.05) is 13.1 Å². The molecule has 0 atom stereocenters. The molecule has 0 saturated heterocycles. The van der Waals surface area contributed by atoms with Crippen LogP contribution in [0.15, 0.2) is 23.1 Å². The molecule has 1 N–H and O–H groups in total. The van der Waals surface area contributed by atoms with Crippen molar-refractivity contribution in [3.8, 4) is 5.75 Å². The molecule has 0 spiro atoms. The fourth-order valence-electron chi connectivity index (χ4n) is 1.74. The van der Waals surface area contributed by atoms with E-state index in [0.717, 1.165) is 5.56 Å². The van der Waals surface area contributed by atoms with Crippen LogP contribution in [0.4, 0.5) is 0 Å². The van der Waals surface area contributed by atoms with Crippen molar-refractivity contribution in [2.45, 2.75) is 24.7 Å². The van der Waals surface area contributed by atoms with Crippen LogP contribution < -0.4 is 9.46 Å². The van der Waals surface area contributed by atoms with Crippen LogP contribution in [0.25, 0.3) is 0 Å². The first-order valence-electron chi connectivity index (χ1n) is 6.60. The molecule has 0 radical (unpaired) electrons. The number of methoxy groups -OCH3 is 1. The molecule has 0 fully saturated rings. The van der Waals surface area contributed by atoms with Crippen LogP contribution in [0.1, 0.15) is 25.3 Å². The van der Waals surface area contributed by atoms with Gasteiger partial charge in [0.2, 0.25) is 10.0 Å². The average molecular weight is 300 g/mol. The highest BCUT2D eigenvalue weighted by atomic mass is 32.2. The summed E-state index contributed by atoms with van der Waals surface area (Å²) in [4.78, 5) is 2.12. The molecular weight excluding hydrogens is 276 g/mol. The smallest absolute Gasteiger partial charge is 0.244 e. The lowest BCUT2D eigenvalue weighted by Crippen LogP contribution is -2.31. The summed E-state index contributed by atoms with van der Waals surface area (Å²) in [5, 5.41) is 0. The van der Waals surface area contributed by atoms with E-state index < -0.39 is 10.0 Å². The van der Waals surface area contributed by atoms with Gasteiger partial charge < -0.3 is 9.64 Å². The second kappa shape index (κ2) is 7.06. The summed E-state index contributed by atoms with van der Waals surface area (Å²) in [5.41, 5.74) is 0.971. The minimum absolute atomic E-state index is 0.199. The van der Waals surface area contributed by atoms with Gasteiger partial charge in [-0.2, -0.15) is 0 Å². The number of hydrogen-bond donors (Lipinski definition) is 1. The van der Waals surface area contributed by atoms with E-state index in [1.165, 1.54) is 7.11 Å². The Balaban J connectivity index is 3.05. The molecule has 114 valence electrons. The van der Waals surface area contributed by atoms with Crippen molar-refractivity contribution in [1.82, 2.24) is 9.62 Å². The molecule has 0 heterocycles. The molecule has 20 heavy (non-hydrogen) atoms. The number of rotatable bonds is 7. The second-order valence-electron chi connectivity index (χ2n) is 5.27. The number of hydrogen-bond acceptors (Lipinski definition) is 4. The highest BCUT2D eigenvalue weighted by Gasteiger charge is 2.20. The summed E-state index contributed by atoms with van der Waals surface area (Å²) in [6, 6.07) is 5.28. The van der Waals surface area contributed by atoms with Gasteiger partial charge in [0.1, 0.15) is 10.6 Å². The van der Waals surface area contributed by atoms with E-state index in [1.54, 1.807) is 12.1 Å². The van der Waals surface area contributed by atoms with Crippen LogP contribution in [-0.2, 0) is 10.0 Å². The first-order chi connectivity index (χ1) is 9.27. The van der Waals surface area contributed by atoms with Crippen LogP contribution in [0.5, 0.6) is 5.75 Å². The van der Waals surface area contributed by atoms with Gasteiger partial charge in [-0.05, 0) is 37.7 Å². The minimum atomic E-state index is -3.56. The van der Waals surface area contributed by atoms with Crippen LogP contribution in [-0.4, -0.2) is 47.6 Å². The summed E-state index contributed by atoms with van der Waals surface area (Å²) >= 11 is 0. The first kappa shape index (κ1) is 16.9. The molecule has 6 heteroatoms. The second-order valence-corrected chi connectivity index (χ2v) is 7.00. The molecule has 0 aliphatic carbocycles. The molecule has 0 aliphatic heterocycles. The molecule has 0 bridgehead atoms. The molecule has 0 saturated carbocycles. The zero-order valence-corrected chi connectivity index (χ0v) is 13.6. The van der Waals surface area contributed by atoms with E-state index in [0.29, 0.717) is 18.8 Å². The number of nitrogens with zero attached hydrogens (tertiary/aromatic N) is 1. The van der Waals surface area contributed by atoms with Gasteiger partial charge in [-0.1, -0.05) is 19.9 Å². The zero-order valence-electron chi connectivity index (χ0n) is 12.8. The van der Waals surface area contributed by atoms with E-state index in [4.69, 9.17) is 4.74 Å². The Morgan fingerprint density at radius 1 is 1.30 bits per heavy atom. The Labute approximate surface area is 122 Å². The van der Waals surface area contributed by atoms with Crippen molar-refractivity contribution in [2.24, 2.45) is 0 Å². The van der Waals surface area contributed by atoms with Gasteiger partial charge >= 0.3 is 0 Å². The summed E-state index contributed by atoms with van der Waals surface area (Å²) in [6.07, 6.45) is 0. The summed E-state index contributed by atoms with van der Waals surface area (Å²) in [6.45, 7) is 5.06. The Bertz CT molecular complexity index is 539. The molecule has 0 unspecified atom stereocenters. The van der Waals surface area contributed by atoms with Crippen molar-refractivity contribution in [3.05, 3.63) is 23.8 Å². The maximum atomic E-state index is 12.4. The molecule has 1 aromatic rings. The van der Waals surface area contributed by atoms with Crippen LogP contribution in [0, 0.1) is 0 Å². The van der Waals surface area contributed by atoms with Gasteiger partial charge in [-0.3, -0.25) is 0 Å². The third-order valence-electron chi connectivity index (χ3n) is 2.99. The molecular formula is C14H24N2O3S. The van der Waals surface area contributed by atoms with Gasteiger partial charge in [0.25, 0.3) is 0 Å². The Morgan fingerprint density at radius 3 is 2.45 bits per heavy atom. The van der Waals surface area contributed by atoms with Crippen molar-refractivity contribution in [3.63, 3.8) is 0 Å². The van der Waals surface area contributed by atoms with Crippen molar-refractivity contribution in [2.75, 3.05) is 34.3 Å². The maximum Gasteiger partial charge on any atom is 0.244 e. The highest BCUT2D eigenvalue weighted by molar-refractivity contribution is 7.89. The predicted octanol–water partition coefficient (Wildman–Crippen LogP) is 1.66. The molecule has 5 nitrogen and oxygen atoms in total. The quantitative estimate of drug-likeness (QED) is 0.832. The molecule has 0 aromatic heterocycles. The summed E-state index contributed by atoms with van der Waals surface area (Å²) in [5.74, 6) is 0.628. The van der Waals surface area contributed by atoms with E-state index in [1.807, 2.05) is 38.9 Å². The van der Waals surface area contributed by atoms with Crippen LogP contribution >= 0.6 is 0 Å². The fourth-order valence-corrected chi connectivity index (χ4v) is 2.97. The first-order valence-corrected chi connectivity index (χ1v) is 8.08. The molecule has 1 rings (SSSR count). The molecule has 0 amide bonds. The van der Waals surface area contributed by atoms with Crippen molar-refractivity contribution >= 4 is 10.0 Å². The fraction of sp³-hybridized carbons (Fsp3) is 0.571. The van der Waals surface area contributed by atoms with Gasteiger partial charge in [0.05, 0.1) is 7.11 Å².